The van der Waals surface area contributed by atoms with Crippen molar-refractivity contribution in [1.29, 1.82) is 0 Å². The zero-order chi connectivity index (χ0) is 26.9. The minimum absolute atomic E-state index is 0.131. The van der Waals surface area contributed by atoms with E-state index >= 15 is 4.39 Å². The predicted molar refractivity (Wildman–Crippen MR) is 148 cm³/mol. The van der Waals surface area contributed by atoms with E-state index < -0.39 is 12.1 Å². The third-order valence-electron chi connectivity index (χ3n) is 7.53. The topological polar surface area (TPSA) is 62.7 Å². The first-order valence-electron chi connectivity index (χ1n) is 13.3. The van der Waals surface area contributed by atoms with E-state index in [1.807, 2.05) is 24.3 Å². The molecule has 3 atom stereocenters. The van der Waals surface area contributed by atoms with Crippen LogP contribution in [0.25, 0.3) is 10.9 Å². The predicted octanol–water partition coefficient (Wildman–Crippen LogP) is 7.16. The Labute approximate surface area is 227 Å². The molecule has 204 valence electrons. The number of alkyl halides is 1. The highest BCUT2D eigenvalue weighted by Crippen LogP contribution is 2.36. The number of aliphatic carboxylic acids is 1. The average Bonchev–Trinajstić information content (AvgIpc) is 2.93. The molecule has 3 aromatic rings. The van der Waals surface area contributed by atoms with E-state index in [0.717, 1.165) is 55.6 Å². The number of halogens is 2. The second-order valence-corrected chi connectivity index (χ2v) is 11.1. The van der Waals surface area contributed by atoms with E-state index in [4.69, 9.17) is 4.74 Å². The van der Waals surface area contributed by atoms with Crippen LogP contribution in [0.15, 0.2) is 59.6 Å². The van der Waals surface area contributed by atoms with Crippen LogP contribution in [0.4, 0.5) is 8.78 Å². The van der Waals surface area contributed by atoms with Crippen LogP contribution < -0.4 is 4.74 Å². The number of likely N-dealkylation sites (tertiary alicyclic amines) is 1. The molecule has 2 aromatic carbocycles. The van der Waals surface area contributed by atoms with Gasteiger partial charge in [-0.25, -0.2) is 8.78 Å². The van der Waals surface area contributed by atoms with Crippen LogP contribution in [0.3, 0.4) is 0 Å². The van der Waals surface area contributed by atoms with Crippen molar-refractivity contribution in [2.45, 2.75) is 49.6 Å². The maximum atomic E-state index is 15.5. The molecule has 0 radical (unpaired) electrons. The second-order valence-electron chi connectivity index (χ2n) is 10.0. The van der Waals surface area contributed by atoms with Gasteiger partial charge in [0.2, 0.25) is 0 Å². The number of hydrogen-bond acceptors (Lipinski definition) is 5. The van der Waals surface area contributed by atoms with Gasteiger partial charge in [-0.2, -0.15) is 0 Å². The number of rotatable bonds is 13. The summed E-state index contributed by atoms with van der Waals surface area (Å²) in [6.07, 6.45) is 4.23. The maximum absolute atomic E-state index is 15.5. The highest BCUT2D eigenvalue weighted by Gasteiger charge is 2.30. The first kappa shape index (κ1) is 28.3. The number of aromatic nitrogens is 1. The fourth-order valence-electron chi connectivity index (χ4n) is 5.47. The summed E-state index contributed by atoms with van der Waals surface area (Å²) < 4.78 is 34.7. The lowest BCUT2D eigenvalue weighted by Crippen LogP contribution is -2.41. The molecule has 1 aliphatic rings. The van der Waals surface area contributed by atoms with E-state index in [1.54, 1.807) is 31.5 Å². The van der Waals surface area contributed by atoms with Crippen molar-refractivity contribution in [3.8, 4) is 5.75 Å². The van der Waals surface area contributed by atoms with Gasteiger partial charge in [0.05, 0.1) is 12.6 Å². The van der Waals surface area contributed by atoms with Crippen molar-refractivity contribution in [3.63, 3.8) is 0 Å². The molecular formula is C30H36F2N2O3S. The number of piperidine rings is 1. The van der Waals surface area contributed by atoms with Crippen LogP contribution in [0, 0.1) is 17.7 Å². The van der Waals surface area contributed by atoms with Gasteiger partial charge in [-0.3, -0.25) is 9.78 Å². The van der Waals surface area contributed by atoms with E-state index in [0.29, 0.717) is 35.0 Å². The molecule has 0 aliphatic carbocycles. The lowest BCUT2D eigenvalue weighted by molar-refractivity contribution is -0.137. The van der Waals surface area contributed by atoms with E-state index in [1.165, 1.54) is 17.8 Å². The van der Waals surface area contributed by atoms with Crippen molar-refractivity contribution in [3.05, 3.63) is 66.1 Å². The molecule has 1 saturated heterocycles. The van der Waals surface area contributed by atoms with Gasteiger partial charge in [0.25, 0.3) is 0 Å². The molecule has 2 heterocycles. The lowest BCUT2D eigenvalue weighted by atomic mass is 9.79. The van der Waals surface area contributed by atoms with Crippen LogP contribution in [-0.2, 0) is 4.79 Å². The van der Waals surface area contributed by atoms with Crippen LogP contribution in [-0.4, -0.2) is 53.5 Å². The Morgan fingerprint density at radius 1 is 1.21 bits per heavy atom. The summed E-state index contributed by atoms with van der Waals surface area (Å²) in [6.45, 7) is 2.65. The molecule has 0 saturated carbocycles. The number of benzene rings is 2. The number of hydrogen-bond donors (Lipinski definition) is 1. The molecule has 4 rings (SSSR count). The zero-order valence-electron chi connectivity index (χ0n) is 21.8. The maximum Gasteiger partial charge on any atom is 0.303 e. The number of nitrogens with zero attached hydrogens (tertiary/aromatic N) is 2. The molecule has 1 fully saturated rings. The van der Waals surface area contributed by atoms with Crippen LogP contribution >= 0.6 is 11.8 Å². The van der Waals surface area contributed by atoms with Crippen molar-refractivity contribution >= 4 is 28.6 Å². The van der Waals surface area contributed by atoms with Gasteiger partial charge in [-0.1, -0.05) is 12.1 Å². The van der Waals surface area contributed by atoms with Crippen LogP contribution in [0.1, 0.15) is 50.3 Å². The third kappa shape index (κ3) is 7.67. The highest BCUT2D eigenvalue weighted by atomic mass is 32.2. The smallest absolute Gasteiger partial charge is 0.303 e. The molecule has 0 amide bonds. The van der Waals surface area contributed by atoms with Gasteiger partial charge in [-0.15, -0.1) is 11.8 Å². The molecule has 0 spiro atoms. The summed E-state index contributed by atoms with van der Waals surface area (Å²) in [5.74, 6) is 1.04. The number of carboxylic acid groups (broad SMARTS) is 1. The molecule has 1 N–H and O–H groups in total. The summed E-state index contributed by atoms with van der Waals surface area (Å²) in [5, 5.41) is 10.1. The Bertz CT molecular complexity index is 1210. The number of ether oxygens (including phenoxy) is 1. The fraction of sp³-hybridized carbons (Fsp3) is 0.467. The molecule has 5 nitrogen and oxygen atoms in total. The Balaban J connectivity index is 1.32. The van der Waals surface area contributed by atoms with Crippen LogP contribution in [0.2, 0.25) is 0 Å². The van der Waals surface area contributed by atoms with Gasteiger partial charge in [0.1, 0.15) is 17.7 Å². The number of thioether (sulfide) groups is 1. The minimum atomic E-state index is -1.12. The Morgan fingerprint density at radius 2 is 2.05 bits per heavy atom. The zero-order valence-corrected chi connectivity index (χ0v) is 22.6. The van der Waals surface area contributed by atoms with E-state index in [-0.39, 0.29) is 18.2 Å². The normalized spacial score (nSPS) is 18.9. The third-order valence-corrected chi connectivity index (χ3v) is 8.66. The van der Waals surface area contributed by atoms with E-state index in [9.17, 15) is 14.3 Å². The Kier molecular flexibility index (Phi) is 10.4. The summed E-state index contributed by atoms with van der Waals surface area (Å²) >= 11 is 1.53. The second kappa shape index (κ2) is 13.9. The molecule has 0 unspecified atom stereocenters. The average molecular weight is 543 g/mol. The largest absolute Gasteiger partial charge is 0.497 e. The SMILES string of the molecule is COc1ccc2nccc([C@H](F)CC[C@@H]3CCN(CCCSc4ccccc4F)C[C@H]3CCC(=O)O)c2c1. The summed E-state index contributed by atoms with van der Waals surface area (Å²) in [5.41, 5.74) is 1.37. The van der Waals surface area contributed by atoms with Crippen molar-refractivity contribution < 1.29 is 23.4 Å². The van der Waals surface area contributed by atoms with Gasteiger partial charge in [-0.05, 0) is 105 Å². The number of carbonyl (C=O) groups is 1. The number of carboxylic acids is 1. The fourth-order valence-corrected chi connectivity index (χ4v) is 6.34. The van der Waals surface area contributed by atoms with Gasteiger partial charge in [0, 0.05) is 29.4 Å². The summed E-state index contributed by atoms with van der Waals surface area (Å²) in [4.78, 5) is 18.7. The lowest BCUT2D eigenvalue weighted by Gasteiger charge is -2.39. The monoisotopic (exact) mass is 542 g/mol. The number of pyridine rings is 1. The highest BCUT2D eigenvalue weighted by molar-refractivity contribution is 7.99. The van der Waals surface area contributed by atoms with Gasteiger partial charge < -0.3 is 14.7 Å². The Hall–Kier alpha value is -2.71. The summed E-state index contributed by atoms with van der Waals surface area (Å²) in [6, 6.07) is 14.1. The minimum Gasteiger partial charge on any atom is -0.497 e. The van der Waals surface area contributed by atoms with Gasteiger partial charge >= 0.3 is 5.97 Å². The van der Waals surface area contributed by atoms with Crippen molar-refractivity contribution in [1.82, 2.24) is 9.88 Å². The van der Waals surface area contributed by atoms with Crippen LogP contribution in [0.5, 0.6) is 5.75 Å². The number of fused-ring (bicyclic) bond motifs is 1. The quantitative estimate of drug-likeness (QED) is 0.183. The standard InChI is InChI=1S/C30H36F2N2O3S/c1-37-23-9-11-28-25(19-23)24(13-15-33-28)26(31)10-7-21-14-17-34(20-22(21)8-12-30(35)36)16-4-18-38-29-6-3-2-5-27(29)32/h2-3,5-6,9,11,13,15,19,21-22,26H,4,7-8,10,12,14,16-18,20H2,1H3,(H,35,36)/t21-,22-,26-/m1/s1. The Morgan fingerprint density at radius 3 is 2.84 bits per heavy atom. The van der Waals surface area contributed by atoms with E-state index in [2.05, 4.69) is 9.88 Å². The molecular weight excluding hydrogens is 506 g/mol. The van der Waals surface area contributed by atoms with Crippen molar-refractivity contribution in [2.24, 2.45) is 11.8 Å². The molecule has 8 heteroatoms. The van der Waals surface area contributed by atoms with Crippen molar-refractivity contribution in [2.75, 3.05) is 32.5 Å². The summed E-state index contributed by atoms with van der Waals surface area (Å²) in [7, 11) is 1.59. The first-order valence-corrected chi connectivity index (χ1v) is 14.3. The first-order chi connectivity index (χ1) is 18.4. The molecule has 1 aromatic heterocycles. The number of methoxy groups -OCH3 is 1. The molecule has 1 aliphatic heterocycles. The molecule has 0 bridgehead atoms. The van der Waals surface area contributed by atoms with Gasteiger partial charge in [0.15, 0.2) is 0 Å². The molecule has 38 heavy (non-hydrogen) atoms.